The van der Waals surface area contributed by atoms with Gasteiger partial charge in [-0.1, -0.05) is 30.3 Å². The molecular formula is C22H20N4O. The Bertz CT molecular complexity index is 1010. The van der Waals surface area contributed by atoms with E-state index in [0.29, 0.717) is 5.56 Å². The number of nitriles is 1. The number of hydrogen-bond donors (Lipinski definition) is 1. The molecule has 1 unspecified atom stereocenters. The Kier molecular flexibility index (Phi) is 4.71. The Morgan fingerprint density at radius 3 is 2.59 bits per heavy atom. The van der Waals surface area contributed by atoms with Crippen molar-refractivity contribution in [2.75, 3.05) is 7.05 Å². The van der Waals surface area contributed by atoms with E-state index in [1.807, 2.05) is 49.4 Å². The van der Waals surface area contributed by atoms with E-state index in [4.69, 9.17) is 17.4 Å². The first-order valence-corrected chi connectivity index (χ1v) is 8.58. The second-order valence-corrected chi connectivity index (χ2v) is 6.75. The van der Waals surface area contributed by atoms with Gasteiger partial charge in [0.15, 0.2) is 5.96 Å². The molecule has 27 heavy (non-hydrogen) atoms. The van der Waals surface area contributed by atoms with Crippen LogP contribution < -0.4 is 5.73 Å². The molecule has 5 nitrogen and oxygen atoms in total. The number of amides is 1. The lowest BCUT2D eigenvalue weighted by atomic mass is 9.76. The highest BCUT2D eigenvalue weighted by Crippen LogP contribution is 2.40. The summed E-state index contributed by atoms with van der Waals surface area (Å²) in [5.74, 6) is 2.13. The van der Waals surface area contributed by atoms with E-state index < -0.39 is 11.5 Å². The molecule has 2 aromatic carbocycles. The van der Waals surface area contributed by atoms with E-state index in [9.17, 15) is 4.79 Å². The zero-order valence-corrected chi connectivity index (χ0v) is 15.3. The molecule has 0 radical (unpaired) electrons. The Morgan fingerprint density at radius 1 is 1.26 bits per heavy atom. The van der Waals surface area contributed by atoms with Crippen molar-refractivity contribution in [3.05, 3.63) is 59.7 Å². The average Bonchev–Trinajstić information content (AvgIpc) is 2.70. The van der Waals surface area contributed by atoms with E-state index in [1.54, 1.807) is 13.1 Å². The first kappa shape index (κ1) is 18.2. The minimum atomic E-state index is -0.858. The standard InChI is InChI=1S/C22H20N4O/c1-4-7-19-20(27)26(3)21(24)25-22(19,2)18-11-6-10-17(13-18)16-9-5-8-15(12-16)14-23/h1,5-6,8-13,19H,7H2,2-3H3,(H2,24,25)/t19?,22-/m1/s1. The predicted molar refractivity (Wildman–Crippen MR) is 105 cm³/mol. The minimum Gasteiger partial charge on any atom is -0.369 e. The number of guanidine groups is 1. The molecule has 0 saturated carbocycles. The van der Waals surface area contributed by atoms with Crippen molar-refractivity contribution in [1.29, 1.82) is 5.26 Å². The maximum atomic E-state index is 12.8. The number of terminal acetylenes is 1. The van der Waals surface area contributed by atoms with Crippen LogP contribution in [0.1, 0.15) is 24.5 Å². The van der Waals surface area contributed by atoms with Gasteiger partial charge in [-0.15, -0.1) is 12.3 Å². The summed E-state index contributed by atoms with van der Waals surface area (Å²) in [6, 6.07) is 17.3. The van der Waals surface area contributed by atoms with Gasteiger partial charge < -0.3 is 5.73 Å². The maximum absolute atomic E-state index is 12.8. The summed E-state index contributed by atoms with van der Waals surface area (Å²) in [6.07, 6.45) is 5.79. The van der Waals surface area contributed by atoms with Gasteiger partial charge in [0.1, 0.15) is 0 Å². The predicted octanol–water partition coefficient (Wildman–Crippen LogP) is 2.87. The molecule has 2 aromatic rings. The normalized spacial score (nSPS) is 21.9. The average molecular weight is 356 g/mol. The summed E-state index contributed by atoms with van der Waals surface area (Å²) in [5, 5.41) is 9.14. The van der Waals surface area contributed by atoms with E-state index >= 15 is 0 Å². The molecule has 1 aliphatic rings. The SMILES string of the molecule is C#CCC1C(=O)N(C)C(N)=N[C@]1(C)c1cccc(-c2cccc(C#N)c2)c1. The fourth-order valence-corrected chi connectivity index (χ4v) is 3.43. The van der Waals surface area contributed by atoms with Crippen molar-refractivity contribution < 1.29 is 4.79 Å². The van der Waals surface area contributed by atoms with Crippen LogP contribution in [0.4, 0.5) is 0 Å². The van der Waals surface area contributed by atoms with Gasteiger partial charge in [-0.05, 0) is 41.8 Å². The lowest BCUT2D eigenvalue weighted by Gasteiger charge is -2.40. The highest BCUT2D eigenvalue weighted by molar-refractivity contribution is 6.00. The van der Waals surface area contributed by atoms with Crippen molar-refractivity contribution in [2.24, 2.45) is 16.6 Å². The van der Waals surface area contributed by atoms with Crippen molar-refractivity contribution in [2.45, 2.75) is 18.9 Å². The molecule has 2 N–H and O–H groups in total. The summed E-state index contributed by atoms with van der Waals surface area (Å²) in [6.45, 7) is 1.89. The van der Waals surface area contributed by atoms with Gasteiger partial charge in [-0.25, -0.2) is 4.99 Å². The molecular weight excluding hydrogens is 336 g/mol. The van der Waals surface area contributed by atoms with Crippen LogP contribution in [0.2, 0.25) is 0 Å². The molecule has 0 bridgehead atoms. The number of benzene rings is 2. The number of rotatable bonds is 3. The quantitative estimate of drug-likeness (QED) is 0.859. The zero-order valence-electron chi connectivity index (χ0n) is 15.3. The second-order valence-electron chi connectivity index (χ2n) is 6.75. The Balaban J connectivity index is 2.13. The van der Waals surface area contributed by atoms with E-state index in [1.165, 1.54) is 4.90 Å². The van der Waals surface area contributed by atoms with Crippen molar-refractivity contribution in [1.82, 2.24) is 4.90 Å². The topological polar surface area (TPSA) is 82.5 Å². The molecule has 134 valence electrons. The van der Waals surface area contributed by atoms with E-state index in [-0.39, 0.29) is 18.3 Å². The van der Waals surface area contributed by atoms with Gasteiger partial charge in [-0.3, -0.25) is 9.69 Å². The molecule has 1 aliphatic heterocycles. The third-order valence-electron chi connectivity index (χ3n) is 5.09. The monoisotopic (exact) mass is 356 g/mol. The van der Waals surface area contributed by atoms with Gasteiger partial charge in [0.25, 0.3) is 0 Å². The molecule has 0 fully saturated rings. The number of nitrogens with zero attached hydrogens (tertiary/aromatic N) is 3. The smallest absolute Gasteiger partial charge is 0.235 e. The first-order chi connectivity index (χ1) is 12.9. The Morgan fingerprint density at radius 2 is 1.93 bits per heavy atom. The maximum Gasteiger partial charge on any atom is 0.235 e. The lowest BCUT2D eigenvalue weighted by Crippen LogP contribution is -2.53. The highest BCUT2D eigenvalue weighted by Gasteiger charge is 2.45. The van der Waals surface area contributed by atoms with E-state index in [2.05, 4.69) is 17.0 Å². The van der Waals surface area contributed by atoms with Gasteiger partial charge in [0.05, 0.1) is 23.1 Å². The molecule has 5 heteroatoms. The molecule has 3 rings (SSSR count). The molecule has 1 heterocycles. The van der Waals surface area contributed by atoms with Gasteiger partial charge >= 0.3 is 0 Å². The van der Waals surface area contributed by atoms with Crippen LogP contribution in [0.25, 0.3) is 11.1 Å². The summed E-state index contributed by atoms with van der Waals surface area (Å²) >= 11 is 0. The Hall–Kier alpha value is -3.57. The fourth-order valence-electron chi connectivity index (χ4n) is 3.43. The number of carbonyl (C=O) groups excluding carboxylic acids is 1. The second kappa shape index (κ2) is 6.97. The van der Waals surface area contributed by atoms with Crippen LogP contribution in [0, 0.1) is 29.6 Å². The van der Waals surface area contributed by atoms with Crippen LogP contribution in [-0.2, 0) is 10.3 Å². The summed E-state index contributed by atoms with van der Waals surface area (Å²) in [4.78, 5) is 18.8. The number of hydrogen-bond acceptors (Lipinski definition) is 4. The summed E-state index contributed by atoms with van der Waals surface area (Å²) in [5.41, 5.74) is 8.44. The first-order valence-electron chi connectivity index (χ1n) is 8.58. The lowest BCUT2D eigenvalue weighted by molar-refractivity contribution is -0.133. The molecule has 1 amide bonds. The number of nitrogens with two attached hydrogens (primary N) is 1. The number of aliphatic imine (C=N–C) groups is 1. The molecule has 0 spiro atoms. The van der Waals surface area contributed by atoms with Gasteiger partial charge in [0, 0.05) is 13.5 Å². The number of carbonyl (C=O) groups is 1. The van der Waals surface area contributed by atoms with Crippen LogP contribution in [-0.4, -0.2) is 23.8 Å². The third kappa shape index (κ3) is 3.16. The molecule has 0 saturated heterocycles. The molecule has 0 aliphatic carbocycles. The van der Waals surface area contributed by atoms with Gasteiger partial charge in [-0.2, -0.15) is 5.26 Å². The van der Waals surface area contributed by atoms with E-state index in [0.717, 1.165) is 16.7 Å². The largest absolute Gasteiger partial charge is 0.369 e. The van der Waals surface area contributed by atoms with Crippen molar-refractivity contribution in [3.63, 3.8) is 0 Å². The summed E-state index contributed by atoms with van der Waals surface area (Å²) < 4.78 is 0. The fraction of sp³-hybridized carbons (Fsp3) is 0.227. The highest BCUT2D eigenvalue weighted by atomic mass is 16.2. The van der Waals surface area contributed by atoms with Gasteiger partial charge in [0.2, 0.25) is 5.91 Å². The summed E-state index contributed by atoms with van der Waals surface area (Å²) in [7, 11) is 1.61. The van der Waals surface area contributed by atoms with Crippen LogP contribution in [0.5, 0.6) is 0 Å². The Labute approximate surface area is 159 Å². The van der Waals surface area contributed by atoms with Crippen molar-refractivity contribution >= 4 is 11.9 Å². The van der Waals surface area contributed by atoms with Crippen LogP contribution in [0.15, 0.2) is 53.5 Å². The third-order valence-corrected chi connectivity index (χ3v) is 5.09. The minimum absolute atomic E-state index is 0.139. The van der Waals surface area contributed by atoms with Crippen molar-refractivity contribution in [3.8, 4) is 29.5 Å². The van der Waals surface area contributed by atoms with Crippen LogP contribution >= 0.6 is 0 Å². The zero-order chi connectivity index (χ0) is 19.6. The molecule has 2 atom stereocenters. The molecule has 0 aromatic heterocycles. The van der Waals surface area contributed by atoms with Crippen LogP contribution in [0.3, 0.4) is 0 Å².